The fourth-order valence-electron chi connectivity index (χ4n) is 3.83. The minimum absolute atomic E-state index is 0.0752. The van der Waals surface area contributed by atoms with Crippen molar-refractivity contribution in [2.45, 2.75) is 31.2 Å². The van der Waals surface area contributed by atoms with Crippen LogP contribution in [0.15, 0.2) is 88.9 Å². The molecule has 1 N–H and O–H groups in total. The second kappa shape index (κ2) is 8.99. The Morgan fingerprint density at radius 3 is 2.24 bits per heavy atom. The molecule has 0 aliphatic carbocycles. The highest BCUT2D eigenvalue weighted by atomic mass is 32.2. The summed E-state index contributed by atoms with van der Waals surface area (Å²) >= 11 is 0. The summed E-state index contributed by atoms with van der Waals surface area (Å²) in [4.78, 5) is 0.147. The molecule has 0 saturated heterocycles. The lowest BCUT2D eigenvalue weighted by Gasteiger charge is -2.24. The van der Waals surface area contributed by atoms with Crippen molar-refractivity contribution in [2.75, 3.05) is 10.5 Å². The first kappa shape index (κ1) is 23.0. The van der Waals surface area contributed by atoms with Gasteiger partial charge in [-0.05, 0) is 43.2 Å². The van der Waals surface area contributed by atoms with Crippen LogP contribution in [0.25, 0.3) is 0 Å². The fourth-order valence-corrected chi connectivity index (χ4v) is 5.93. The van der Waals surface area contributed by atoms with Gasteiger partial charge in [0.15, 0.2) is 0 Å². The first-order valence-corrected chi connectivity index (χ1v) is 13.6. The Morgan fingerprint density at radius 2 is 1.55 bits per heavy atom. The summed E-state index contributed by atoms with van der Waals surface area (Å²) in [6.07, 6.45) is 0.307. The highest BCUT2D eigenvalue weighted by molar-refractivity contribution is 7.92. The van der Waals surface area contributed by atoms with Crippen LogP contribution in [0.1, 0.15) is 36.1 Å². The Hall–Kier alpha value is -3.17. The van der Waals surface area contributed by atoms with Crippen molar-refractivity contribution < 1.29 is 16.8 Å². The number of hydrogen-bond acceptors (Lipinski definition) is 5. The molecular weight excluding hydrogens is 458 g/mol. The maximum absolute atomic E-state index is 13.6. The molecule has 9 heteroatoms. The van der Waals surface area contributed by atoms with Gasteiger partial charge in [0.2, 0.25) is 10.0 Å². The zero-order valence-electron chi connectivity index (χ0n) is 18.3. The molecule has 0 bridgehead atoms. The molecule has 0 saturated carbocycles. The zero-order chi connectivity index (χ0) is 23.6. The van der Waals surface area contributed by atoms with Crippen molar-refractivity contribution in [1.82, 2.24) is 4.41 Å². The maximum Gasteiger partial charge on any atom is 0.279 e. The Balaban J connectivity index is 1.84. The van der Waals surface area contributed by atoms with Crippen molar-refractivity contribution in [3.63, 3.8) is 0 Å². The van der Waals surface area contributed by atoms with E-state index in [-0.39, 0.29) is 10.6 Å². The average Bonchev–Trinajstić information content (AvgIpc) is 3.26. The van der Waals surface area contributed by atoms with Gasteiger partial charge in [0.05, 0.1) is 28.1 Å². The molecule has 0 unspecified atom stereocenters. The predicted octanol–water partition coefficient (Wildman–Crippen LogP) is 4.30. The van der Waals surface area contributed by atoms with Crippen LogP contribution in [0.5, 0.6) is 0 Å². The predicted molar refractivity (Wildman–Crippen MR) is 130 cm³/mol. The number of para-hydroxylation sites is 1. The standard InChI is InChI=1S/C24H25N3O4S2/c1-3-32(28,29)26-22-16-10-9-15-21(22)23-17-24(20-14-8-7-11-18(20)2)27(25-23)33(30,31)19-12-5-4-6-13-19/h4-16,24,26H,3,17H2,1-2H3/t24-/m0/s1. The van der Waals surface area contributed by atoms with Gasteiger partial charge in [-0.1, -0.05) is 60.7 Å². The largest absolute Gasteiger partial charge is 0.283 e. The van der Waals surface area contributed by atoms with E-state index in [2.05, 4.69) is 9.82 Å². The minimum atomic E-state index is -3.94. The van der Waals surface area contributed by atoms with Crippen LogP contribution >= 0.6 is 0 Å². The van der Waals surface area contributed by atoms with Gasteiger partial charge >= 0.3 is 0 Å². The third-order valence-corrected chi connectivity index (χ3v) is 8.58. The number of benzene rings is 3. The molecule has 0 aromatic heterocycles. The number of nitrogens with zero attached hydrogens (tertiary/aromatic N) is 2. The minimum Gasteiger partial charge on any atom is -0.283 e. The van der Waals surface area contributed by atoms with Crippen molar-refractivity contribution in [2.24, 2.45) is 5.10 Å². The third-order valence-electron chi connectivity index (χ3n) is 5.59. The Morgan fingerprint density at radius 1 is 0.909 bits per heavy atom. The van der Waals surface area contributed by atoms with Crippen LogP contribution < -0.4 is 4.72 Å². The number of hydrazone groups is 1. The second-order valence-corrected chi connectivity index (χ2v) is 11.6. The number of nitrogens with one attached hydrogen (secondary N) is 1. The SMILES string of the molecule is CCS(=O)(=O)Nc1ccccc1C1=NN(S(=O)(=O)c2ccccc2)[C@H](c2ccccc2C)C1. The van der Waals surface area contributed by atoms with Gasteiger partial charge < -0.3 is 0 Å². The van der Waals surface area contributed by atoms with Crippen LogP contribution in [-0.2, 0) is 20.0 Å². The molecule has 0 fully saturated rings. The Bertz CT molecular complexity index is 1400. The fraction of sp³-hybridized carbons (Fsp3) is 0.208. The van der Waals surface area contributed by atoms with Crippen LogP contribution in [0, 0.1) is 6.92 Å². The van der Waals surface area contributed by atoms with E-state index < -0.39 is 26.1 Å². The van der Waals surface area contributed by atoms with Gasteiger partial charge in [0, 0.05) is 12.0 Å². The summed E-state index contributed by atoms with van der Waals surface area (Å²) in [6.45, 7) is 3.49. The van der Waals surface area contributed by atoms with E-state index in [4.69, 9.17) is 0 Å². The van der Waals surface area contributed by atoms with Crippen molar-refractivity contribution in [1.29, 1.82) is 0 Å². The first-order chi connectivity index (χ1) is 15.7. The van der Waals surface area contributed by atoms with Gasteiger partial charge in [-0.3, -0.25) is 4.72 Å². The van der Waals surface area contributed by atoms with Gasteiger partial charge in [-0.25, -0.2) is 8.42 Å². The summed E-state index contributed by atoms with van der Waals surface area (Å²) in [5, 5.41) is 4.55. The number of sulfonamides is 2. The van der Waals surface area contributed by atoms with Crippen molar-refractivity contribution in [3.8, 4) is 0 Å². The summed E-state index contributed by atoms with van der Waals surface area (Å²) in [7, 11) is -7.46. The van der Waals surface area contributed by atoms with Gasteiger partial charge in [0.25, 0.3) is 10.0 Å². The first-order valence-electron chi connectivity index (χ1n) is 10.6. The second-order valence-electron chi connectivity index (χ2n) is 7.76. The molecule has 7 nitrogen and oxygen atoms in total. The number of hydrogen-bond donors (Lipinski definition) is 1. The molecule has 33 heavy (non-hydrogen) atoms. The zero-order valence-corrected chi connectivity index (χ0v) is 20.0. The molecule has 0 radical (unpaired) electrons. The molecule has 1 heterocycles. The molecule has 1 aliphatic heterocycles. The Labute approximate surface area is 194 Å². The van der Waals surface area contributed by atoms with Gasteiger partial charge in [-0.15, -0.1) is 0 Å². The lowest BCUT2D eigenvalue weighted by atomic mass is 9.95. The van der Waals surface area contributed by atoms with Gasteiger partial charge in [-0.2, -0.15) is 17.9 Å². The summed E-state index contributed by atoms with van der Waals surface area (Å²) in [5.41, 5.74) is 3.23. The van der Waals surface area contributed by atoms with E-state index in [1.165, 1.54) is 0 Å². The monoisotopic (exact) mass is 483 g/mol. The molecule has 3 aromatic rings. The number of anilines is 1. The lowest BCUT2D eigenvalue weighted by molar-refractivity contribution is 0.370. The molecular formula is C24H25N3O4S2. The van der Waals surface area contributed by atoms with E-state index in [0.29, 0.717) is 23.4 Å². The van der Waals surface area contributed by atoms with E-state index in [1.54, 1.807) is 61.5 Å². The van der Waals surface area contributed by atoms with Gasteiger partial charge in [0.1, 0.15) is 0 Å². The summed E-state index contributed by atoms with van der Waals surface area (Å²) in [6, 6.07) is 22.1. The lowest BCUT2D eigenvalue weighted by Crippen LogP contribution is -2.27. The highest BCUT2D eigenvalue weighted by Gasteiger charge is 2.38. The molecule has 1 aliphatic rings. The van der Waals surface area contributed by atoms with E-state index in [1.807, 2.05) is 31.2 Å². The maximum atomic E-state index is 13.6. The number of aryl methyl sites for hydroxylation is 1. The van der Waals surface area contributed by atoms with Crippen LogP contribution in [0.4, 0.5) is 5.69 Å². The van der Waals surface area contributed by atoms with Crippen molar-refractivity contribution in [3.05, 3.63) is 95.6 Å². The molecule has 1 atom stereocenters. The molecule has 0 spiro atoms. The molecule has 4 rings (SSSR count). The molecule has 0 amide bonds. The topological polar surface area (TPSA) is 95.9 Å². The van der Waals surface area contributed by atoms with Crippen molar-refractivity contribution >= 4 is 31.4 Å². The summed E-state index contributed by atoms with van der Waals surface area (Å²) in [5.74, 6) is -0.0752. The third kappa shape index (κ3) is 4.65. The van der Waals surface area contributed by atoms with E-state index in [0.717, 1.165) is 15.5 Å². The Kier molecular flexibility index (Phi) is 6.27. The van der Waals surface area contributed by atoms with E-state index >= 15 is 0 Å². The van der Waals surface area contributed by atoms with E-state index in [9.17, 15) is 16.8 Å². The van der Waals surface area contributed by atoms with Crippen LogP contribution in [0.2, 0.25) is 0 Å². The quantitative estimate of drug-likeness (QED) is 0.542. The normalized spacial score (nSPS) is 16.5. The van der Waals surface area contributed by atoms with Crippen LogP contribution in [0.3, 0.4) is 0 Å². The number of rotatable bonds is 7. The average molecular weight is 484 g/mol. The highest BCUT2D eigenvalue weighted by Crippen LogP contribution is 2.39. The smallest absolute Gasteiger partial charge is 0.279 e. The summed E-state index contributed by atoms with van der Waals surface area (Å²) < 4.78 is 55.3. The molecule has 172 valence electrons. The molecule has 3 aromatic carbocycles. The van der Waals surface area contributed by atoms with Crippen LogP contribution in [-0.4, -0.2) is 32.7 Å².